The Morgan fingerprint density at radius 3 is 1.79 bits per heavy atom. The Morgan fingerprint density at radius 1 is 1.00 bits per heavy atom. The van der Waals surface area contributed by atoms with Crippen molar-refractivity contribution in [2.45, 2.75) is 72.8 Å². The maximum Gasteiger partial charge on any atom is 0.323 e. The molecule has 0 fully saturated rings. The van der Waals surface area contributed by atoms with Gasteiger partial charge in [-0.2, -0.15) is 0 Å². The van der Waals surface area contributed by atoms with Crippen molar-refractivity contribution in [2.24, 2.45) is 0 Å². The summed E-state index contributed by atoms with van der Waals surface area (Å²) in [7, 11) is 0. The van der Waals surface area contributed by atoms with E-state index < -0.39 is 5.97 Å². The molecule has 108 valence electrons. The summed E-state index contributed by atoms with van der Waals surface area (Å²) in [6, 6.07) is 0. The molecule has 0 bridgehead atoms. The van der Waals surface area contributed by atoms with Gasteiger partial charge in [0.15, 0.2) is 0 Å². The summed E-state index contributed by atoms with van der Waals surface area (Å²) in [5.41, 5.74) is 4.99. The summed E-state index contributed by atoms with van der Waals surface area (Å²) < 4.78 is 2.00. The number of aromatic nitrogens is 1. The second-order valence-corrected chi connectivity index (χ2v) is 6.24. The van der Waals surface area contributed by atoms with Gasteiger partial charge in [0.05, 0.1) is 0 Å². The minimum Gasteiger partial charge on any atom is -0.480 e. The van der Waals surface area contributed by atoms with Crippen LogP contribution in [0.25, 0.3) is 0 Å². The van der Waals surface area contributed by atoms with Gasteiger partial charge in [0.25, 0.3) is 0 Å². The zero-order valence-electron chi connectivity index (χ0n) is 13.2. The second-order valence-electron chi connectivity index (χ2n) is 6.24. The number of hydrogen-bond acceptors (Lipinski definition) is 1. The molecule has 1 heterocycles. The van der Waals surface area contributed by atoms with Crippen molar-refractivity contribution in [1.29, 1.82) is 0 Å². The van der Waals surface area contributed by atoms with Crippen LogP contribution in [0, 0.1) is 6.92 Å². The molecule has 1 N–H and O–H groups in total. The van der Waals surface area contributed by atoms with Crippen molar-refractivity contribution < 1.29 is 9.90 Å². The van der Waals surface area contributed by atoms with Crippen LogP contribution in [0.4, 0.5) is 0 Å². The molecular weight excluding hydrogens is 238 g/mol. The van der Waals surface area contributed by atoms with E-state index in [2.05, 4.69) is 48.5 Å². The number of aliphatic carboxylic acids is 1. The number of carboxylic acids is 1. The fraction of sp³-hybridized carbons (Fsp3) is 0.688. The minimum absolute atomic E-state index is 0.0613. The number of carbonyl (C=O) groups is 1. The molecule has 0 spiro atoms. The van der Waals surface area contributed by atoms with E-state index in [1.165, 1.54) is 16.8 Å². The molecule has 1 aromatic heterocycles. The predicted octanol–water partition coefficient (Wildman–Crippen LogP) is 4.25. The first-order valence-corrected chi connectivity index (χ1v) is 7.12. The van der Waals surface area contributed by atoms with Gasteiger partial charge in [-0.3, -0.25) is 4.79 Å². The summed E-state index contributed by atoms with van der Waals surface area (Å²) in [4.78, 5) is 11.1. The predicted molar refractivity (Wildman–Crippen MR) is 79.1 cm³/mol. The molecule has 19 heavy (non-hydrogen) atoms. The molecule has 0 atom stereocenters. The van der Waals surface area contributed by atoms with Crippen LogP contribution >= 0.6 is 0 Å². The molecule has 0 aromatic carbocycles. The molecule has 0 aliphatic heterocycles. The monoisotopic (exact) mass is 265 g/mol. The van der Waals surface area contributed by atoms with E-state index in [0.29, 0.717) is 17.8 Å². The van der Waals surface area contributed by atoms with Crippen molar-refractivity contribution in [3.8, 4) is 0 Å². The quantitative estimate of drug-likeness (QED) is 0.864. The Morgan fingerprint density at radius 2 is 1.47 bits per heavy atom. The van der Waals surface area contributed by atoms with E-state index in [-0.39, 0.29) is 6.54 Å². The molecule has 0 aliphatic rings. The normalized spacial score (nSPS) is 11.9. The SMILES string of the molecule is Cc1c(C(C)C)c(C(C)C)c(C(C)C)n1CC(=O)O. The third-order valence-electron chi connectivity index (χ3n) is 3.65. The van der Waals surface area contributed by atoms with Crippen LogP contribution in [0.5, 0.6) is 0 Å². The number of hydrogen-bond donors (Lipinski definition) is 1. The van der Waals surface area contributed by atoms with E-state index in [9.17, 15) is 4.79 Å². The average molecular weight is 265 g/mol. The Bertz CT molecular complexity index is 468. The molecule has 0 radical (unpaired) electrons. The summed E-state index contributed by atoms with van der Waals surface area (Å²) >= 11 is 0. The molecule has 1 aromatic rings. The molecule has 0 unspecified atom stereocenters. The lowest BCUT2D eigenvalue weighted by molar-refractivity contribution is -0.137. The van der Waals surface area contributed by atoms with Crippen LogP contribution < -0.4 is 0 Å². The molecule has 3 nitrogen and oxygen atoms in total. The van der Waals surface area contributed by atoms with E-state index in [4.69, 9.17) is 5.11 Å². The molecule has 0 saturated carbocycles. The molecule has 0 saturated heterocycles. The van der Waals surface area contributed by atoms with Gasteiger partial charge in [0.2, 0.25) is 0 Å². The van der Waals surface area contributed by atoms with E-state index in [1.807, 2.05) is 4.57 Å². The van der Waals surface area contributed by atoms with E-state index in [1.54, 1.807) is 0 Å². The molecule has 1 rings (SSSR count). The maximum absolute atomic E-state index is 11.1. The summed E-state index contributed by atoms with van der Waals surface area (Å²) in [5, 5.41) is 9.15. The van der Waals surface area contributed by atoms with Crippen molar-refractivity contribution >= 4 is 5.97 Å². The minimum atomic E-state index is -0.773. The van der Waals surface area contributed by atoms with Crippen molar-refractivity contribution in [2.75, 3.05) is 0 Å². The molecular formula is C16H27NO2. The highest BCUT2D eigenvalue weighted by atomic mass is 16.4. The highest BCUT2D eigenvalue weighted by Crippen LogP contribution is 2.37. The number of rotatable bonds is 5. The lowest BCUT2D eigenvalue weighted by atomic mass is 9.89. The zero-order chi connectivity index (χ0) is 14.9. The first-order valence-electron chi connectivity index (χ1n) is 7.12. The Hall–Kier alpha value is -1.25. The second kappa shape index (κ2) is 5.81. The smallest absolute Gasteiger partial charge is 0.323 e. The first kappa shape index (κ1) is 15.8. The third kappa shape index (κ3) is 3.02. The van der Waals surface area contributed by atoms with Gasteiger partial charge in [-0.1, -0.05) is 41.5 Å². The fourth-order valence-electron chi connectivity index (χ4n) is 3.10. The van der Waals surface area contributed by atoms with Crippen LogP contribution in [0.2, 0.25) is 0 Å². The summed E-state index contributed by atoms with van der Waals surface area (Å²) in [6.07, 6.45) is 0. The van der Waals surface area contributed by atoms with Gasteiger partial charge in [-0.05, 0) is 35.8 Å². The van der Waals surface area contributed by atoms with Gasteiger partial charge in [0.1, 0.15) is 6.54 Å². The Labute approximate surface area is 116 Å². The van der Waals surface area contributed by atoms with Crippen molar-refractivity contribution in [3.05, 3.63) is 22.5 Å². The van der Waals surface area contributed by atoms with Gasteiger partial charge in [-0.15, -0.1) is 0 Å². The summed E-state index contributed by atoms with van der Waals surface area (Å²) in [5.74, 6) is 0.405. The summed E-state index contributed by atoms with van der Waals surface area (Å²) in [6.45, 7) is 15.1. The van der Waals surface area contributed by atoms with Gasteiger partial charge in [-0.25, -0.2) is 0 Å². The highest BCUT2D eigenvalue weighted by Gasteiger charge is 2.26. The van der Waals surface area contributed by atoms with Crippen molar-refractivity contribution in [1.82, 2.24) is 4.57 Å². The van der Waals surface area contributed by atoms with E-state index >= 15 is 0 Å². The average Bonchev–Trinajstić information content (AvgIpc) is 2.51. The number of carboxylic acid groups (broad SMARTS) is 1. The third-order valence-corrected chi connectivity index (χ3v) is 3.65. The Balaban J connectivity index is 3.62. The molecule has 0 amide bonds. The number of nitrogens with zero attached hydrogens (tertiary/aromatic N) is 1. The van der Waals surface area contributed by atoms with Gasteiger partial charge < -0.3 is 9.67 Å². The van der Waals surface area contributed by atoms with Gasteiger partial charge in [0, 0.05) is 11.4 Å². The zero-order valence-corrected chi connectivity index (χ0v) is 13.2. The Kier molecular flexibility index (Phi) is 4.83. The van der Waals surface area contributed by atoms with Crippen molar-refractivity contribution in [3.63, 3.8) is 0 Å². The van der Waals surface area contributed by atoms with Crippen LogP contribution in [0.15, 0.2) is 0 Å². The highest BCUT2D eigenvalue weighted by molar-refractivity contribution is 5.67. The van der Waals surface area contributed by atoms with Crippen LogP contribution in [-0.4, -0.2) is 15.6 Å². The lowest BCUT2D eigenvalue weighted by Gasteiger charge is -2.17. The maximum atomic E-state index is 11.1. The first-order chi connectivity index (χ1) is 8.68. The van der Waals surface area contributed by atoms with Crippen LogP contribution in [0.1, 0.15) is 81.8 Å². The van der Waals surface area contributed by atoms with Gasteiger partial charge >= 0.3 is 5.97 Å². The van der Waals surface area contributed by atoms with Crippen LogP contribution in [-0.2, 0) is 11.3 Å². The fourth-order valence-corrected chi connectivity index (χ4v) is 3.10. The largest absolute Gasteiger partial charge is 0.480 e. The standard InChI is InChI=1S/C16H27NO2/c1-9(2)14-12(7)17(8-13(18)19)16(11(5)6)15(14)10(3)4/h9-11H,8H2,1-7H3,(H,18,19). The topological polar surface area (TPSA) is 42.2 Å². The lowest BCUT2D eigenvalue weighted by Crippen LogP contribution is -2.14. The van der Waals surface area contributed by atoms with E-state index in [0.717, 1.165) is 5.69 Å². The van der Waals surface area contributed by atoms with Crippen LogP contribution in [0.3, 0.4) is 0 Å². The molecule has 0 aliphatic carbocycles. The molecule has 3 heteroatoms.